The third-order valence-electron chi connectivity index (χ3n) is 2.44. The molecule has 1 rings (SSSR count). The quantitative estimate of drug-likeness (QED) is 0.589. The van der Waals surface area contributed by atoms with Crippen LogP contribution in [-0.4, -0.2) is 35.6 Å². The minimum absolute atomic E-state index is 0.147. The number of carbonyl (C=O) groups excluding carboxylic acids is 1. The smallest absolute Gasteiger partial charge is 0.298 e. The minimum Gasteiger partial charge on any atom is -0.396 e. The fourth-order valence-corrected chi connectivity index (χ4v) is 1.65. The molecule has 0 spiro atoms. The normalized spacial score (nSPS) is 23.4. The second kappa shape index (κ2) is 4.88. The number of aliphatic hydroxyl groups excluding tert-OH is 1. The van der Waals surface area contributed by atoms with Crippen molar-refractivity contribution < 1.29 is 9.90 Å². The van der Waals surface area contributed by atoms with Gasteiger partial charge < -0.3 is 10.0 Å². The highest BCUT2D eigenvalue weighted by Crippen LogP contribution is 2.15. The van der Waals surface area contributed by atoms with Crippen molar-refractivity contribution >= 4 is 5.91 Å². The van der Waals surface area contributed by atoms with Gasteiger partial charge in [0.1, 0.15) is 0 Å². The van der Waals surface area contributed by atoms with Crippen molar-refractivity contribution in [3.05, 3.63) is 0 Å². The molecule has 1 unspecified atom stereocenters. The van der Waals surface area contributed by atoms with E-state index in [4.69, 9.17) is 11.5 Å². The molecule has 1 heterocycles. The van der Waals surface area contributed by atoms with Gasteiger partial charge in [0.2, 0.25) is 0 Å². The maximum Gasteiger partial charge on any atom is 0.298 e. The lowest BCUT2D eigenvalue weighted by molar-refractivity contribution is -0.125. The fourth-order valence-electron chi connectivity index (χ4n) is 1.65. The zero-order valence-electron chi connectivity index (χ0n) is 7.70. The SMILES string of the molecule is C#CC(=O)N1CCCCC(CO)C1. The van der Waals surface area contributed by atoms with Gasteiger partial charge >= 0.3 is 0 Å². The van der Waals surface area contributed by atoms with Crippen molar-refractivity contribution in [3.8, 4) is 12.3 Å². The van der Waals surface area contributed by atoms with Crippen LogP contribution in [-0.2, 0) is 4.79 Å². The molecular weight excluding hydrogens is 166 g/mol. The first-order valence-corrected chi connectivity index (χ1v) is 4.64. The summed E-state index contributed by atoms with van der Waals surface area (Å²) < 4.78 is 0. The van der Waals surface area contributed by atoms with E-state index in [1.54, 1.807) is 4.90 Å². The van der Waals surface area contributed by atoms with E-state index in [2.05, 4.69) is 5.92 Å². The Morgan fingerprint density at radius 1 is 1.62 bits per heavy atom. The Morgan fingerprint density at radius 3 is 3.00 bits per heavy atom. The number of nitrogens with zero attached hydrogens (tertiary/aromatic N) is 1. The first-order valence-electron chi connectivity index (χ1n) is 4.64. The molecule has 3 heteroatoms. The number of hydrogen-bond donors (Lipinski definition) is 1. The molecule has 0 bridgehead atoms. The first kappa shape index (κ1) is 10.1. The molecule has 1 amide bonds. The average molecular weight is 181 g/mol. The third-order valence-corrected chi connectivity index (χ3v) is 2.44. The van der Waals surface area contributed by atoms with Gasteiger partial charge in [-0.25, -0.2) is 0 Å². The van der Waals surface area contributed by atoms with Crippen LogP contribution in [0.4, 0.5) is 0 Å². The predicted octanol–water partition coefficient (Wildman–Crippen LogP) is 0.241. The summed E-state index contributed by atoms with van der Waals surface area (Å²) >= 11 is 0. The molecule has 0 aromatic carbocycles. The summed E-state index contributed by atoms with van der Waals surface area (Å²) in [6.07, 6.45) is 8.09. The monoisotopic (exact) mass is 181 g/mol. The molecule has 0 radical (unpaired) electrons. The molecule has 0 aliphatic carbocycles. The summed E-state index contributed by atoms with van der Waals surface area (Å²) in [5, 5.41) is 9.00. The average Bonchev–Trinajstić information content (AvgIpc) is 2.41. The molecular formula is C10H15NO2. The Bertz CT molecular complexity index is 219. The van der Waals surface area contributed by atoms with Crippen LogP contribution in [0.5, 0.6) is 0 Å². The predicted molar refractivity (Wildman–Crippen MR) is 49.8 cm³/mol. The topological polar surface area (TPSA) is 40.5 Å². The first-order chi connectivity index (χ1) is 6.27. The molecule has 1 saturated heterocycles. The van der Waals surface area contributed by atoms with Gasteiger partial charge in [0.15, 0.2) is 0 Å². The van der Waals surface area contributed by atoms with Crippen molar-refractivity contribution in [2.75, 3.05) is 19.7 Å². The molecule has 0 aromatic heterocycles. The fraction of sp³-hybridized carbons (Fsp3) is 0.700. The van der Waals surface area contributed by atoms with Gasteiger partial charge in [-0.2, -0.15) is 0 Å². The summed E-state index contributed by atoms with van der Waals surface area (Å²) in [5.41, 5.74) is 0. The highest BCUT2D eigenvalue weighted by atomic mass is 16.3. The summed E-state index contributed by atoms with van der Waals surface area (Å²) in [7, 11) is 0. The van der Waals surface area contributed by atoms with Crippen LogP contribution in [0.15, 0.2) is 0 Å². The van der Waals surface area contributed by atoms with E-state index in [9.17, 15) is 4.79 Å². The van der Waals surface area contributed by atoms with Gasteiger partial charge in [0.25, 0.3) is 5.91 Å². The number of hydrogen-bond acceptors (Lipinski definition) is 2. The van der Waals surface area contributed by atoms with Gasteiger partial charge in [0.05, 0.1) is 0 Å². The standard InChI is InChI=1S/C10H15NO2/c1-2-10(13)11-6-4-3-5-9(7-11)8-12/h1,9,12H,3-8H2. The number of aliphatic hydroxyl groups is 1. The number of rotatable bonds is 1. The molecule has 1 atom stereocenters. The van der Waals surface area contributed by atoms with Crippen molar-refractivity contribution in [1.29, 1.82) is 0 Å². The van der Waals surface area contributed by atoms with Gasteiger partial charge in [-0.1, -0.05) is 6.42 Å². The maximum absolute atomic E-state index is 11.2. The van der Waals surface area contributed by atoms with Crippen LogP contribution in [0.25, 0.3) is 0 Å². The van der Waals surface area contributed by atoms with Crippen LogP contribution in [0.1, 0.15) is 19.3 Å². The van der Waals surface area contributed by atoms with Crippen molar-refractivity contribution in [2.24, 2.45) is 5.92 Å². The van der Waals surface area contributed by atoms with E-state index in [0.717, 1.165) is 25.8 Å². The third kappa shape index (κ3) is 2.74. The van der Waals surface area contributed by atoms with Gasteiger partial charge in [-0.15, -0.1) is 6.42 Å². The summed E-state index contributed by atoms with van der Waals surface area (Å²) in [6, 6.07) is 0. The van der Waals surface area contributed by atoms with Crippen LogP contribution in [0.2, 0.25) is 0 Å². The van der Waals surface area contributed by atoms with E-state index >= 15 is 0 Å². The van der Waals surface area contributed by atoms with Crippen molar-refractivity contribution in [3.63, 3.8) is 0 Å². The van der Waals surface area contributed by atoms with Crippen molar-refractivity contribution in [1.82, 2.24) is 4.90 Å². The molecule has 13 heavy (non-hydrogen) atoms. The van der Waals surface area contributed by atoms with Gasteiger partial charge in [-0.3, -0.25) is 4.79 Å². The number of terminal acetylenes is 1. The second-order valence-corrected chi connectivity index (χ2v) is 3.44. The maximum atomic E-state index is 11.2. The molecule has 72 valence electrons. The zero-order valence-corrected chi connectivity index (χ0v) is 7.70. The lowest BCUT2D eigenvalue weighted by atomic mass is 10.1. The van der Waals surface area contributed by atoms with Crippen LogP contribution < -0.4 is 0 Å². The number of likely N-dealkylation sites (tertiary alicyclic amines) is 1. The van der Waals surface area contributed by atoms with Crippen LogP contribution >= 0.6 is 0 Å². The second-order valence-electron chi connectivity index (χ2n) is 3.44. The Kier molecular flexibility index (Phi) is 3.78. The Labute approximate surface area is 78.7 Å². The molecule has 1 fully saturated rings. The molecule has 1 N–H and O–H groups in total. The largest absolute Gasteiger partial charge is 0.396 e. The van der Waals surface area contributed by atoms with Crippen LogP contribution in [0, 0.1) is 18.3 Å². The van der Waals surface area contributed by atoms with Crippen molar-refractivity contribution in [2.45, 2.75) is 19.3 Å². The number of amides is 1. The van der Waals surface area contributed by atoms with Crippen LogP contribution in [0.3, 0.4) is 0 Å². The Morgan fingerprint density at radius 2 is 2.38 bits per heavy atom. The van der Waals surface area contributed by atoms with E-state index in [0.29, 0.717) is 6.54 Å². The molecule has 1 aliphatic rings. The highest BCUT2D eigenvalue weighted by Gasteiger charge is 2.19. The molecule has 3 nitrogen and oxygen atoms in total. The van der Waals surface area contributed by atoms with E-state index < -0.39 is 0 Å². The zero-order chi connectivity index (χ0) is 9.68. The lowest BCUT2D eigenvalue weighted by Crippen LogP contribution is -2.34. The molecule has 1 aliphatic heterocycles. The highest BCUT2D eigenvalue weighted by molar-refractivity contribution is 5.92. The summed E-state index contributed by atoms with van der Waals surface area (Å²) in [4.78, 5) is 12.8. The van der Waals surface area contributed by atoms with E-state index in [1.807, 2.05) is 0 Å². The summed E-state index contributed by atoms with van der Waals surface area (Å²) in [6.45, 7) is 1.49. The number of carbonyl (C=O) groups is 1. The van der Waals surface area contributed by atoms with E-state index in [-0.39, 0.29) is 18.4 Å². The van der Waals surface area contributed by atoms with E-state index in [1.165, 1.54) is 0 Å². The van der Waals surface area contributed by atoms with Gasteiger partial charge in [-0.05, 0) is 24.7 Å². The van der Waals surface area contributed by atoms with Gasteiger partial charge in [0, 0.05) is 19.7 Å². The Balaban J connectivity index is 2.54. The summed E-state index contributed by atoms with van der Waals surface area (Å²) in [5.74, 6) is 2.07. The molecule has 0 aromatic rings. The lowest BCUT2D eigenvalue weighted by Gasteiger charge is -2.20. The molecule has 0 saturated carbocycles. The minimum atomic E-state index is -0.250. The Hall–Kier alpha value is -1.01.